The van der Waals surface area contributed by atoms with E-state index < -0.39 is 34.5 Å². The molecule has 34 heavy (non-hydrogen) atoms. The fourth-order valence-electron chi connectivity index (χ4n) is 2.44. The van der Waals surface area contributed by atoms with Gasteiger partial charge in [-0.15, -0.1) is 0 Å². The van der Waals surface area contributed by atoms with Crippen molar-refractivity contribution < 1.29 is 31.1 Å². The van der Waals surface area contributed by atoms with E-state index in [0.717, 1.165) is 18.0 Å². The molecule has 0 saturated heterocycles. The Morgan fingerprint density at radius 1 is 1.00 bits per heavy atom. The lowest BCUT2D eigenvalue weighted by Crippen LogP contribution is -2.41. The second-order valence-electron chi connectivity index (χ2n) is 6.41. The molecule has 17 heteroatoms. The van der Waals surface area contributed by atoms with Crippen molar-refractivity contribution in [1.82, 2.24) is 19.5 Å². The number of nitrogens with one attached hydrogen (secondary N) is 1. The number of aromatic nitrogens is 4. The molecule has 0 atom stereocenters. The van der Waals surface area contributed by atoms with Crippen LogP contribution >= 0.6 is 35.0 Å². The Kier molecular flexibility index (Phi) is 7.10. The number of hydrazine groups is 1. The summed E-state index contributed by atoms with van der Waals surface area (Å²) in [5.41, 5.74) is 5.63. The molecule has 0 saturated carbocycles. The first kappa shape index (κ1) is 25.7. The van der Waals surface area contributed by atoms with Crippen LogP contribution in [0.15, 0.2) is 40.9 Å². The number of rotatable bonds is 5. The first-order chi connectivity index (χ1) is 15.7. The number of pyridine rings is 2. The van der Waals surface area contributed by atoms with Gasteiger partial charge in [-0.05, 0) is 23.9 Å². The predicted octanol–water partition coefficient (Wildman–Crippen LogP) is 5.62. The minimum atomic E-state index is -4.68. The molecule has 0 unspecified atom stereocenters. The molecule has 3 N–H and O–H groups in total. The molecule has 182 valence electrons. The molecule has 3 aromatic heterocycles. The number of alkyl halides is 6. The van der Waals surface area contributed by atoms with Crippen LogP contribution in [0.4, 0.5) is 42.8 Å². The third kappa shape index (κ3) is 5.59. The number of hydrogen-bond acceptors (Lipinski definition) is 6. The van der Waals surface area contributed by atoms with E-state index in [4.69, 9.17) is 28.9 Å². The second kappa shape index (κ2) is 9.38. The Bertz CT molecular complexity index is 1230. The third-order valence-corrected chi connectivity index (χ3v) is 5.85. The summed E-state index contributed by atoms with van der Waals surface area (Å²) in [5.74, 6) is -0.313. The summed E-state index contributed by atoms with van der Waals surface area (Å²) in [6.45, 7) is 0. The number of halogens is 8. The monoisotopic (exact) mass is 545 g/mol. The maximum Gasteiger partial charge on any atom is 0.417 e. The smallest absolute Gasteiger partial charge is 0.350 e. The molecule has 3 aromatic rings. The largest absolute Gasteiger partial charge is 0.417 e. The average molecular weight is 546 g/mol. The molecule has 2 amide bonds. The van der Waals surface area contributed by atoms with Gasteiger partial charge in [-0.3, -0.25) is 5.43 Å². The highest BCUT2D eigenvalue weighted by Crippen LogP contribution is 2.37. The number of amides is 2. The van der Waals surface area contributed by atoms with Gasteiger partial charge in [0.25, 0.3) is 0 Å². The van der Waals surface area contributed by atoms with Gasteiger partial charge in [-0.1, -0.05) is 23.2 Å². The molecule has 0 fully saturated rings. The van der Waals surface area contributed by atoms with Crippen molar-refractivity contribution in [3.63, 3.8) is 0 Å². The van der Waals surface area contributed by atoms with Gasteiger partial charge >= 0.3 is 18.4 Å². The van der Waals surface area contributed by atoms with Crippen LogP contribution in [-0.2, 0) is 19.4 Å². The Morgan fingerprint density at radius 2 is 1.56 bits per heavy atom. The Balaban J connectivity index is 1.87. The van der Waals surface area contributed by atoms with Crippen LogP contribution in [0.2, 0.25) is 10.0 Å². The number of nitrogens with two attached hydrogens (primary N) is 1. The highest BCUT2D eigenvalue weighted by Gasteiger charge is 2.33. The molecule has 0 aliphatic heterocycles. The van der Waals surface area contributed by atoms with E-state index >= 15 is 0 Å². The van der Waals surface area contributed by atoms with E-state index in [1.807, 2.05) is 0 Å². The van der Waals surface area contributed by atoms with Crippen molar-refractivity contribution in [2.45, 2.75) is 22.5 Å². The Morgan fingerprint density at radius 3 is 2.06 bits per heavy atom. The summed E-state index contributed by atoms with van der Waals surface area (Å²) in [6, 6.07) is 0.220. The quantitative estimate of drug-likeness (QED) is 0.319. The van der Waals surface area contributed by atoms with Crippen molar-refractivity contribution in [2.24, 2.45) is 12.8 Å². The van der Waals surface area contributed by atoms with Crippen molar-refractivity contribution in [3.05, 3.63) is 51.9 Å². The van der Waals surface area contributed by atoms with Crippen molar-refractivity contribution in [3.8, 4) is 0 Å². The van der Waals surface area contributed by atoms with Gasteiger partial charge in [-0.25, -0.2) is 19.7 Å². The molecule has 0 aliphatic carbocycles. The van der Waals surface area contributed by atoms with Gasteiger partial charge in [-0.2, -0.15) is 31.4 Å². The second-order valence-corrected chi connectivity index (χ2v) is 8.18. The number of nitrogens with zero attached hydrogens (tertiary/aromatic N) is 5. The number of urea groups is 1. The summed E-state index contributed by atoms with van der Waals surface area (Å²) in [5, 5.41) is 0.124. The normalized spacial score (nSPS) is 12.0. The maximum absolute atomic E-state index is 12.8. The number of primary amides is 1. The van der Waals surface area contributed by atoms with Crippen LogP contribution in [0.1, 0.15) is 11.1 Å². The zero-order valence-corrected chi connectivity index (χ0v) is 18.9. The molecule has 8 nitrogen and oxygen atoms in total. The summed E-state index contributed by atoms with van der Waals surface area (Å²) in [4.78, 5) is 23.3. The predicted molar refractivity (Wildman–Crippen MR) is 112 cm³/mol. The SMILES string of the molecule is Cn1c(N(Nc2ncc(C(F)(F)F)cc2Cl)C(N)=O)cnc1Sc1ncc(C(F)(F)F)cc1Cl. The number of imidazole rings is 1. The van der Waals surface area contributed by atoms with Gasteiger partial charge < -0.3 is 10.3 Å². The summed E-state index contributed by atoms with van der Waals surface area (Å²) in [7, 11) is 1.43. The van der Waals surface area contributed by atoms with Gasteiger partial charge in [0.15, 0.2) is 16.8 Å². The number of carbonyl (C=O) groups excluding carboxylic acids is 1. The lowest BCUT2D eigenvalue weighted by molar-refractivity contribution is -0.138. The van der Waals surface area contributed by atoms with Crippen LogP contribution in [0.5, 0.6) is 0 Å². The minimum Gasteiger partial charge on any atom is -0.350 e. The standard InChI is InChI=1S/C17H11Cl2F6N7OS/c1-31-11(6-29-15(31)34-13-10(19)3-8(5-28-13)17(23,24)25)32(14(26)33)30-12-9(18)2-7(4-27-12)16(20,21)22/h2-6H,1H3,(H2,26,33)(H,27,30). The number of hydrogen-bond donors (Lipinski definition) is 2. The highest BCUT2D eigenvalue weighted by molar-refractivity contribution is 7.99. The van der Waals surface area contributed by atoms with E-state index in [9.17, 15) is 31.1 Å². The molecule has 0 aromatic carbocycles. The van der Waals surface area contributed by atoms with Gasteiger partial charge in [0.05, 0.1) is 27.4 Å². The molecule has 0 bridgehead atoms. The topological polar surface area (TPSA) is 102 Å². The lowest BCUT2D eigenvalue weighted by atomic mass is 10.3. The van der Waals surface area contributed by atoms with Gasteiger partial charge in [0.1, 0.15) is 5.03 Å². The summed E-state index contributed by atoms with van der Waals surface area (Å²) < 4.78 is 78.1. The van der Waals surface area contributed by atoms with Gasteiger partial charge in [0, 0.05) is 19.4 Å². The third-order valence-electron chi connectivity index (χ3n) is 4.08. The first-order valence-corrected chi connectivity index (χ1v) is 10.3. The number of carbonyl (C=O) groups is 1. The Labute approximate surface area is 201 Å². The molecule has 3 heterocycles. The van der Waals surface area contributed by atoms with Gasteiger partial charge in [0.2, 0.25) is 0 Å². The molecular weight excluding hydrogens is 535 g/mol. The van der Waals surface area contributed by atoms with Crippen molar-refractivity contribution in [1.29, 1.82) is 0 Å². The maximum atomic E-state index is 12.8. The highest BCUT2D eigenvalue weighted by atomic mass is 35.5. The molecule has 0 spiro atoms. The fraction of sp³-hybridized carbons (Fsp3) is 0.176. The van der Waals surface area contributed by atoms with Crippen LogP contribution in [0.3, 0.4) is 0 Å². The van der Waals surface area contributed by atoms with Crippen LogP contribution in [-0.4, -0.2) is 25.6 Å². The summed E-state index contributed by atoms with van der Waals surface area (Å²) in [6.07, 6.45) is -7.03. The van der Waals surface area contributed by atoms with Crippen LogP contribution in [0.25, 0.3) is 0 Å². The summed E-state index contributed by atoms with van der Waals surface area (Å²) >= 11 is 12.6. The van der Waals surface area contributed by atoms with E-state index in [0.29, 0.717) is 29.5 Å². The van der Waals surface area contributed by atoms with Crippen LogP contribution < -0.4 is 16.2 Å². The van der Waals surface area contributed by atoms with E-state index in [1.54, 1.807) is 0 Å². The van der Waals surface area contributed by atoms with Crippen molar-refractivity contribution in [2.75, 3.05) is 10.4 Å². The average Bonchev–Trinajstić information content (AvgIpc) is 3.06. The molecule has 0 aliphatic rings. The fourth-order valence-corrected chi connectivity index (χ4v) is 3.70. The van der Waals surface area contributed by atoms with Crippen LogP contribution in [0, 0.1) is 0 Å². The molecular formula is C17H11Cl2F6N7OS. The van der Waals surface area contributed by atoms with Crippen molar-refractivity contribution >= 4 is 52.6 Å². The van der Waals surface area contributed by atoms with E-state index in [2.05, 4.69) is 20.4 Å². The zero-order valence-electron chi connectivity index (χ0n) is 16.5. The lowest BCUT2D eigenvalue weighted by Gasteiger charge is -2.22. The molecule has 0 radical (unpaired) electrons. The van der Waals surface area contributed by atoms with E-state index in [-0.39, 0.29) is 26.8 Å². The first-order valence-electron chi connectivity index (χ1n) is 8.69. The minimum absolute atomic E-state index is 0.000881. The molecule has 3 rings (SSSR count). The zero-order chi connectivity index (χ0) is 25.4. The Hall–Kier alpha value is -2.91. The number of anilines is 2. The van der Waals surface area contributed by atoms with E-state index in [1.165, 1.54) is 11.6 Å².